The fraction of sp³-hybridized carbons (Fsp3) is 0.400. The van der Waals surface area contributed by atoms with E-state index in [2.05, 4.69) is 10.2 Å². The summed E-state index contributed by atoms with van der Waals surface area (Å²) >= 11 is 0. The van der Waals surface area contributed by atoms with Gasteiger partial charge in [0.05, 0.1) is 23.3 Å². The number of likely N-dealkylation sites (tertiary alicyclic amines) is 1. The van der Waals surface area contributed by atoms with Crippen molar-refractivity contribution in [3.63, 3.8) is 0 Å². The molecule has 9 heteroatoms. The number of amides is 1. The molecule has 0 spiro atoms. The maximum Gasteiger partial charge on any atom is 0.253 e. The van der Waals surface area contributed by atoms with Crippen LogP contribution in [0, 0.1) is 0 Å². The maximum absolute atomic E-state index is 12.6. The highest BCUT2D eigenvalue weighted by atomic mass is 32.2. The summed E-state index contributed by atoms with van der Waals surface area (Å²) in [5.41, 5.74) is 0.474. The van der Waals surface area contributed by atoms with E-state index in [4.69, 9.17) is 0 Å². The Balaban J connectivity index is 1.72. The van der Waals surface area contributed by atoms with Crippen LogP contribution in [0.25, 0.3) is 0 Å². The lowest BCUT2D eigenvalue weighted by Crippen LogP contribution is -2.29. The molecule has 0 aliphatic carbocycles. The van der Waals surface area contributed by atoms with Crippen molar-refractivity contribution >= 4 is 15.9 Å². The molecule has 0 bridgehead atoms. The molecule has 2 aromatic rings. The van der Waals surface area contributed by atoms with Crippen molar-refractivity contribution in [2.24, 2.45) is 0 Å². The molecule has 1 aliphatic rings. The van der Waals surface area contributed by atoms with Crippen molar-refractivity contribution in [1.29, 1.82) is 0 Å². The van der Waals surface area contributed by atoms with E-state index in [1.54, 1.807) is 34.2 Å². The summed E-state index contributed by atoms with van der Waals surface area (Å²) in [6, 6.07) is 6.12. The SMILES string of the molecule is CN(C)S(=O)(=O)c1ccc(C(=O)N2CC[C@@H](n3nccn3)C2)cc1. The Labute approximate surface area is 140 Å². The number of aromatic nitrogens is 3. The van der Waals surface area contributed by atoms with Crippen molar-refractivity contribution in [3.05, 3.63) is 42.2 Å². The Morgan fingerprint density at radius 2 is 1.79 bits per heavy atom. The van der Waals surface area contributed by atoms with Crippen LogP contribution in [-0.2, 0) is 10.0 Å². The summed E-state index contributed by atoms with van der Waals surface area (Å²) in [6.07, 6.45) is 4.04. The first-order valence-corrected chi connectivity index (χ1v) is 9.01. The molecule has 1 atom stereocenters. The van der Waals surface area contributed by atoms with Crippen LogP contribution in [-0.4, -0.2) is 65.7 Å². The van der Waals surface area contributed by atoms with E-state index in [1.165, 1.54) is 26.2 Å². The van der Waals surface area contributed by atoms with E-state index < -0.39 is 10.0 Å². The topological polar surface area (TPSA) is 88.4 Å². The Morgan fingerprint density at radius 1 is 1.17 bits per heavy atom. The molecule has 1 aromatic carbocycles. The first-order valence-electron chi connectivity index (χ1n) is 7.57. The Bertz CT molecular complexity index is 815. The summed E-state index contributed by atoms with van der Waals surface area (Å²) in [6.45, 7) is 1.17. The van der Waals surface area contributed by atoms with E-state index >= 15 is 0 Å². The molecule has 3 rings (SSSR count). The Kier molecular flexibility index (Phi) is 4.37. The monoisotopic (exact) mass is 349 g/mol. The molecule has 0 N–H and O–H groups in total. The normalized spacial score (nSPS) is 18.3. The first kappa shape index (κ1) is 16.6. The van der Waals surface area contributed by atoms with Crippen LogP contribution in [0.4, 0.5) is 0 Å². The summed E-state index contributed by atoms with van der Waals surface area (Å²) in [4.78, 5) is 16.1. The van der Waals surface area contributed by atoms with Gasteiger partial charge >= 0.3 is 0 Å². The standard InChI is InChI=1S/C15H19N5O3S/c1-18(2)24(22,23)14-5-3-12(4-6-14)15(21)19-10-7-13(11-19)20-16-8-9-17-20/h3-6,8-9,13H,7,10-11H2,1-2H3/t13-/m1/s1. The highest BCUT2D eigenvalue weighted by Crippen LogP contribution is 2.22. The molecule has 0 unspecified atom stereocenters. The predicted molar refractivity (Wildman–Crippen MR) is 86.9 cm³/mol. The van der Waals surface area contributed by atoms with Crippen LogP contribution in [0.5, 0.6) is 0 Å². The largest absolute Gasteiger partial charge is 0.336 e. The van der Waals surface area contributed by atoms with Gasteiger partial charge in [-0.25, -0.2) is 12.7 Å². The van der Waals surface area contributed by atoms with Crippen LogP contribution < -0.4 is 0 Å². The fourth-order valence-corrected chi connectivity index (χ4v) is 3.59. The molecule has 128 valence electrons. The molecule has 24 heavy (non-hydrogen) atoms. The van der Waals surface area contributed by atoms with Gasteiger partial charge in [0.15, 0.2) is 0 Å². The van der Waals surface area contributed by atoms with Gasteiger partial charge in [-0.3, -0.25) is 4.79 Å². The van der Waals surface area contributed by atoms with E-state index in [-0.39, 0.29) is 16.8 Å². The molecule has 0 saturated carbocycles. The number of hydrogen-bond acceptors (Lipinski definition) is 5. The van der Waals surface area contributed by atoms with Gasteiger partial charge in [0.25, 0.3) is 5.91 Å². The first-order chi connectivity index (χ1) is 11.4. The van der Waals surface area contributed by atoms with Crippen molar-refractivity contribution in [2.75, 3.05) is 27.2 Å². The van der Waals surface area contributed by atoms with Crippen LogP contribution in [0.3, 0.4) is 0 Å². The van der Waals surface area contributed by atoms with Gasteiger partial charge < -0.3 is 4.90 Å². The van der Waals surface area contributed by atoms with Gasteiger partial charge in [0, 0.05) is 32.7 Å². The third-order valence-electron chi connectivity index (χ3n) is 4.09. The molecule has 1 fully saturated rings. The molecule has 0 radical (unpaired) electrons. The minimum atomic E-state index is -3.49. The molecular formula is C15H19N5O3S. The van der Waals surface area contributed by atoms with Crippen molar-refractivity contribution in [1.82, 2.24) is 24.2 Å². The highest BCUT2D eigenvalue weighted by molar-refractivity contribution is 7.89. The molecule has 1 aliphatic heterocycles. The van der Waals surface area contributed by atoms with Gasteiger partial charge in [-0.1, -0.05) is 0 Å². The van der Waals surface area contributed by atoms with Gasteiger partial charge in [0.1, 0.15) is 0 Å². The quantitative estimate of drug-likeness (QED) is 0.807. The number of nitrogens with zero attached hydrogens (tertiary/aromatic N) is 5. The number of hydrogen-bond donors (Lipinski definition) is 0. The predicted octanol–water partition coefficient (Wildman–Crippen LogP) is 0.616. The second-order valence-electron chi connectivity index (χ2n) is 5.85. The molecule has 2 heterocycles. The third-order valence-corrected chi connectivity index (χ3v) is 5.92. The van der Waals surface area contributed by atoms with Gasteiger partial charge in [-0.15, -0.1) is 0 Å². The zero-order chi connectivity index (χ0) is 17.3. The van der Waals surface area contributed by atoms with E-state index in [1.807, 2.05) is 0 Å². The minimum Gasteiger partial charge on any atom is -0.336 e. The fourth-order valence-electron chi connectivity index (χ4n) is 2.69. The van der Waals surface area contributed by atoms with Crippen molar-refractivity contribution in [2.45, 2.75) is 17.4 Å². The zero-order valence-corrected chi connectivity index (χ0v) is 14.3. The lowest BCUT2D eigenvalue weighted by Gasteiger charge is -2.17. The number of sulfonamides is 1. The number of benzene rings is 1. The number of rotatable bonds is 4. The van der Waals surface area contributed by atoms with Crippen LogP contribution >= 0.6 is 0 Å². The zero-order valence-electron chi connectivity index (χ0n) is 13.5. The van der Waals surface area contributed by atoms with E-state index in [0.717, 1.165) is 10.7 Å². The van der Waals surface area contributed by atoms with Crippen LogP contribution in [0.15, 0.2) is 41.6 Å². The average molecular weight is 349 g/mol. The van der Waals surface area contributed by atoms with Crippen molar-refractivity contribution < 1.29 is 13.2 Å². The molecule has 1 saturated heterocycles. The highest BCUT2D eigenvalue weighted by Gasteiger charge is 2.29. The second kappa shape index (κ2) is 6.33. The summed E-state index contributed by atoms with van der Waals surface area (Å²) in [7, 11) is -0.540. The summed E-state index contributed by atoms with van der Waals surface area (Å²) in [5.74, 6) is -0.113. The molecule has 1 amide bonds. The van der Waals surface area contributed by atoms with E-state index in [9.17, 15) is 13.2 Å². The molecule has 8 nitrogen and oxygen atoms in total. The van der Waals surface area contributed by atoms with E-state index in [0.29, 0.717) is 18.7 Å². The smallest absolute Gasteiger partial charge is 0.253 e. The summed E-state index contributed by atoms with van der Waals surface area (Å²) in [5, 5.41) is 8.23. The third kappa shape index (κ3) is 3.04. The second-order valence-corrected chi connectivity index (χ2v) is 8.01. The van der Waals surface area contributed by atoms with Crippen LogP contribution in [0.1, 0.15) is 22.8 Å². The van der Waals surface area contributed by atoms with Gasteiger partial charge in [-0.05, 0) is 30.7 Å². The number of carbonyl (C=O) groups excluding carboxylic acids is 1. The minimum absolute atomic E-state index is 0.0809. The number of carbonyl (C=O) groups is 1. The maximum atomic E-state index is 12.6. The Morgan fingerprint density at radius 3 is 2.38 bits per heavy atom. The lowest BCUT2D eigenvalue weighted by molar-refractivity contribution is 0.0786. The van der Waals surface area contributed by atoms with Crippen LogP contribution in [0.2, 0.25) is 0 Å². The Hall–Kier alpha value is -2.26. The van der Waals surface area contributed by atoms with Gasteiger partial charge in [0.2, 0.25) is 10.0 Å². The van der Waals surface area contributed by atoms with Crippen molar-refractivity contribution in [3.8, 4) is 0 Å². The lowest BCUT2D eigenvalue weighted by atomic mass is 10.2. The molecule has 1 aromatic heterocycles. The van der Waals surface area contributed by atoms with Gasteiger partial charge in [-0.2, -0.15) is 15.0 Å². The molecular weight excluding hydrogens is 330 g/mol. The summed E-state index contributed by atoms with van der Waals surface area (Å²) < 4.78 is 25.3. The average Bonchev–Trinajstić information content (AvgIpc) is 3.25.